The van der Waals surface area contributed by atoms with E-state index in [-0.39, 0.29) is 11.8 Å². The van der Waals surface area contributed by atoms with Crippen LogP contribution in [0.1, 0.15) is 22.6 Å². The van der Waals surface area contributed by atoms with Crippen molar-refractivity contribution in [2.75, 3.05) is 0 Å². The lowest BCUT2D eigenvalue weighted by Gasteiger charge is -2.34. The standard InChI is InChI=1S/C50H30/c1-2-12-29(13-3-1)47-31-15-5-4-14-30(31)26-45-40-25-24-36(38-21-11-23-41(48(38)40)50(45)47)42-27-44-39-22-10-20-37-32-16-6-9-19-35(32)46(49(37)39)28-43(44)34-18-8-7-17-33(34)42/h1-28,33-34H. The van der Waals surface area contributed by atoms with Crippen molar-refractivity contribution >= 4 is 44.0 Å². The minimum absolute atomic E-state index is 0.264. The third kappa shape index (κ3) is 3.36. The van der Waals surface area contributed by atoms with Gasteiger partial charge in [-0.2, -0.15) is 0 Å². The summed E-state index contributed by atoms with van der Waals surface area (Å²) in [5, 5.41) is 8.07. The third-order valence-electron chi connectivity index (χ3n) is 11.9. The van der Waals surface area contributed by atoms with Gasteiger partial charge in [0.1, 0.15) is 0 Å². The molecule has 12 rings (SSSR count). The smallest absolute Gasteiger partial charge is 0.0131 e. The van der Waals surface area contributed by atoms with Crippen LogP contribution in [0.3, 0.4) is 0 Å². The van der Waals surface area contributed by atoms with E-state index in [0.29, 0.717) is 0 Å². The molecule has 0 aliphatic heterocycles. The van der Waals surface area contributed by atoms with Crippen LogP contribution in [0.25, 0.3) is 99.6 Å². The monoisotopic (exact) mass is 630 g/mol. The average molecular weight is 631 g/mol. The fourth-order valence-electron chi connectivity index (χ4n) is 9.90. The molecule has 0 spiro atoms. The van der Waals surface area contributed by atoms with Crippen molar-refractivity contribution in [2.24, 2.45) is 5.92 Å². The molecule has 0 fully saturated rings. The van der Waals surface area contributed by atoms with Crippen LogP contribution in [0.4, 0.5) is 0 Å². The third-order valence-corrected chi connectivity index (χ3v) is 11.9. The highest BCUT2D eigenvalue weighted by molar-refractivity contribution is 6.25. The maximum Gasteiger partial charge on any atom is 0.0131 e. The van der Waals surface area contributed by atoms with Crippen LogP contribution in [-0.4, -0.2) is 0 Å². The topological polar surface area (TPSA) is 0 Å². The van der Waals surface area contributed by atoms with Crippen LogP contribution in [0, 0.1) is 5.92 Å². The van der Waals surface area contributed by atoms with E-state index in [4.69, 9.17) is 0 Å². The van der Waals surface area contributed by atoms with Crippen molar-refractivity contribution in [1.82, 2.24) is 0 Å². The van der Waals surface area contributed by atoms with Crippen molar-refractivity contribution in [1.29, 1.82) is 0 Å². The lowest BCUT2D eigenvalue weighted by Crippen LogP contribution is -2.18. The van der Waals surface area contributed by atoms with Crippen molar-refractivity contribution in [3.05, 3.63) is 181 Å². The highest BCUT2D eigenvalue weighted by atomic mass is 14.4. The number of allylic oxidation sites excluding steroid dienone is 5. The van der Waals surface area contributed by atoms with Crippen LogP contribution in [0.2, 0.25) is 0 Å². The molecule has 8 aromatic rings. The van der Waals surface area contributed by atoms with E-state index in [1.54, 1.807) is 0 Å². The molecule has 0 aromatic heterocycles. The summed E-state index contributed by atoms with van der Waals surface area (Å²) < 4.78 is 0. The maximum absolute atomic E-state index is 2.54. The van der Waals surface area contributed by atoms with E-state index in [1.807, 2.05) is 0 Å². The Balaban J connectivity index is 1.14. The molecule has 0 saturated carbocycles. The summed E-state index contributed by atoms with van der Waals surface area (Å²) in [6.45, 7) is 0. The van der Waals surface area contributed by atoms with Crippen molar-refractivity contribution in [3.63, 3.8) is 0 Å². The fourth-order valence-corrected chi connectivity index (χ4v) is 9.90. The molecule has 0 bridgehead atoms. The Morgan fingerprint density at radius 3 is 1.90 bits per heavy atom. The number of hydrogen-bond acceptors (Lipinski definition) is 0. The largest absolute Gasteiger partial charge is 0.0761 e. The van der Waals surface area contributed by atoms with E-state index in [1.165, 1.54) is 110 Å². The molecule has 4 aliphatic carbocycles. The molecule has 2 atom stereocenters. The molecule has 50 heavy (non-hydrogen) atoms. The molecular weight excluding hydrogens is 601 g/mol. The van der Waals surface area contributed by atoms with Gasteiger partial charge in [0.25, 0.3) is 0 Å². The highest BCUT2D eigenvalue weighted by Gasteiger charge is 2.35. The van der Waals surface area contributed by atoms with Crippen LogP contribution in [-0.2, 0) is 0 Å². The Labute approximate surface area is 291 Å². The molecule has 230 valence electrons. The zero-order valence-electron chi connectivity index (χ0n) is 27.3. The zero-order valence-corrected chi connectivity index (χ0v) is 27.3. The lowest BCUT2D eigenvalue weighted by atomic mass is 9.69. The summed E-state index contributed by atoms with van der Waals surface area (Å²) in [6.07, 6.45) is 11.9. The molecular formula is C50H30. The van der Waals surface area contributed by atoms with Gasteiger partial charge in [0.05, 0.1) is 0 Å². The van der Waals surface area contributed by atoms with Crippen LogP contribution in [0.15, 0.2) is 164 Å². The van der Waals surface area contributed by atoms with Gasteiger partial charge in [-0.05, 0) is 128 Å². The highest BCUT2D eigenvalue weighted by Crippen LogP contribution is 2.57. The van der Waals surface area contributed by atoms with E-state index in [2.05, 4.69) is 170 Å². The van der Waals surface area contributed by atoms with Gasteiger partial charge in [0.2, 0.25) is 0 Å². The number of rotatable bonds is 2. The van der Waals surface area contributed by atoms with E-state index < -0.39 is 0 Å². The van der Waals surface area contributed by atoms with E-state index >= 15 is 0 Å². The number of benzene rings is 8. The predicted molar refractivity (Wildman–Crippen MR) is 212 cm³/mol. The SMILES string of the molecule is C1=CC2C(c3ccc4c5c(cccc35)-c3c-4cc4ccccc4c3-c3ccccc3)=Cc3c(cc4c5c(cccc35)-c3ccccc3-4)C2C=C1. The van der Waals surface area contributed by atoms with Crippen LogP contribution in [0.5, 0.6) is 0 Å². The maximum atomic E-state index is 2.54. The Bertz CT molecular complexity index is 2910. The van der Waals surface area contributed by atoms with Gasteiger partial charge in [-0.3, -0.25) is 0 Å². The summed E-state index contributed by atoms with van der Waals surface area (Å²) in [5.41, 5.74) is 19.0. The molecule has 8 aromatic carbocycles. The molecule has 0 radical (unpaired) electrons. The molecule has 2 unspecified atom stereocenters. The van der Waals surface area contributed by atoms with Gasteiger partial charge in [0.15, 0.2) is 0 Å². The first-order valence-electron chi connectivity index (χ1n) is 17.8. The summed E-state index contributed by atoms with van der Waals surface area (Å²) in [4.78, 5) is 0. The first-order chi connectivity index (χ1) is 24.8. The van der Waals surface area contributed by atoms with Crippen molar-refractivity contribution in [2.45, 2.75) is 5.92 Å². The van der Waals surface area contributed by atoms with Crippen molar-refractivity contribution < 1.29 is 0 Å². The minimum Gasteiger partial charge on any atom is -0.0761 e. The predicted octanol–water partition coefficient (Wildman–Crippen LogP) is 13.5. The molecule has 0 saturated heterocycles. The Morgan fingerprint density at radius 1 is 0.380 bits per heavy atom. The number of hydrogen-bond donors (Lipinski definition) is 0. The van der Waals surface area contributed by atoms with E-state index in [9.17, 15) is 0 Å². The van der Waals surface area contributed by atoms with Gasteiger partial charge < -0.3 is 0 Å². The lowest BCUT2D eigenvalue weighted by molar-refractivity contribution is 0.711. The molecule has 0 N–H and O–H groups in total. The molecule has 0 nitrogen and oxygen atoms in total. The second-order valence-electron chi connectivity index (χ2n) is 14.3. The Morgan fingerprint density at radius 2 is 1.02 bits per heavy atom. The number of fused-ring (bicyclic) bond motifs is 11. The summed E-state index contributed by atoms with van der Waals surface area (Å²) in [6, 6.07) is 52.5. The van der Waals surface area contributed by atoms with Crippen molar-refractivity contribution in [3.8, 4) is 55.6 Å². The second-order valence-corrected chi connectivity index (χ2v) is 14.3. The first-order valence-corrected chi connectivity index (χ1v) is 17.8. The van der Waals surface area contributed by atoms with Gasteiger partial charge in [-0.25, -0.2) is 0 Å². The Hall–Kier alpha value is -6.24. The summed E-state index contributed by atoms with van der Waals surface area (Å²) in [5.74, 6) is 0.544. The van der Waals surface area contributed by atoms with Gasteiger partial charge >= 0.3 is 0 Å². The van der Waals surface area contributed by atoms with Gasteiger partial charge in [0, 0.05) is 11.8 Å². The Kier molecular flexibility index (Phi) is 5.17. The minimum atomic E-state index is 0.264. The summed E-state index contributed by atoms with van der Waals surface area (Å²) >= 11 is 0. The van der Waals surface area contributed by atoms with Crippen LogP contribution >= 0.6 is 0 Å². The molecule has 0 heteroatoms. The molecule has 0 amide bonds. The second kappa shape index (κ2) is 9.68. The molecule has 0 heterocycles. The summed E-state index contributed by atoms with van der Waals surface area (Å²) in [7, 11) is 0. The fraction of sp³-hybridized carbons (Fsp3) is 0.0400. The first kappa shape index (κ1) is 26.7. The molecule has 4 aliphatic rings. The normalized spacial score (nSPS) is 17.2. The van der Waals surface area contributed by atoms with Crippen LogP contribution < -0.4 is 0 Å². The van der Waals surface area contributed by atoms with E-state index in [0.717, 1.165) is 0 Å². The zero-order chi connectivity index (χ0) is 32.5. The van der Waals surface area contributed by atoms with Gasteiger partial charge in [-0.1, -0.05) is 152 Å². The average Bonchev–Trinajstić information content (AvgIpc) is 3.68. The quantitative estimate of drug-likeness (QED) is 0.178. The van der Waals surface area contributed by atoms with Gasteiger partial charge in [-0.15, -0.1) is 0 Å².